The highest BCUT2D eigenvalue weighted by Crippen LogP contribution is 2.18. The van der Waals surface area contributed by atoms with Crippen molar-refractivity contribution in [2.45, 2.75) is 58.4 Å². The number of hydrogen-bond donors (Lipinski definition) is 2. The fourth-order valence-electron chi connectivity index (χ4n) is 2.45. The van der Waals surface area contributed by atoms with Crippen LogP contribution in [0.25, 0.3) is 0 Å². The zero-order chi connectivity index (χ0) is 15.0. The van der Waals surface area contributed by atoms with Crippen LogP contribution in [0.15, 0.2) is 12.3 Å². The van der Waals surface area contributed by atoms with E-state index in [-0.39, 0.29) is 5.92 Å². The number of aromatic nitrogens is 2. The molecule has 0 radical (unpaired) electrons. The standard InChI is InChI=1S/C15H27N3O2/c1-3-14(4-2)18-10-8-13(17-18)11-12(15(19)20)7-5-6-9-16/h8,10,12,14H,3-7,9,11,16H2,1-2H3,(H,19,20). The summed E-state index contributed by atoms with van der Waals surface area (Å²) < 4.78 is 1.97. The van der Waals surface area contributed by atoms with Gasteiger partial charge in [0.2, 0.25) is 0 Å². The number of carboxylic acid groups (broad SMARTS) is 1. The molecule has 0 fully saturated rings. The van der Waals surface area contributed by atoms with E-state index in [9.17, 15) is 9.90 Å². The maximum absolute atomic E-state index is 11.3. The summed E-state index contributed by atoms with van der Waals surface area (Å²) in [6.45, 7) is 4.90. The van der Waals surface area contributed by atoms with Crippen molar-refractivity contribution in [3.63, 3.8) is 0 Å². The molecule has 0 spiro atoms. The molecule has 3 N–H and O–H groups in total. The molecule has 1 unspecified atom stereocenters. The lowest BCUT2D eigenvalue weighted by atomic mass is 9.97. The van der Waals surface area contributed by atoms with E-state index in [4.69, 9.17) is 5.73 Å². The van der Waals surface area contributed by atoms with E-state index in [1.807, 2.05) is 16.9 Å². The number of hydrogen-bond acceptors (Lipinski definition) is 3. The van der Waals surface area contributed by atoms with Gasteiger partial charge in [0, 0.05) is 12.6 Å². The number of aliphatic carboxylic acids is 1. The third-order valence-electron chi connectivity index (χ3n) is 3.79. The van der Waals surface area contributed by atoms with Gasteiger partial charge in [0.1, 0.15) is 0 Å². The van der Waals surface area contributed by atoms with Crippen LogP contribution in [0.2, 0.25) is 0 Å². The van der Waals surface area contributed by atoms with Crippen molar-refractivity contribution in [1.29, 1.82) is 0 Å². The average molecular weight is 281 g/mol. The Balaban J connectivity index is 2.62. The largest absolute Gasteiger partial charge is 0.481 e. The maximum Gasteiger partial charge on any atom is 0.306 e. The van der Waals surface area contributed by atoms with Crippen LogP contribution < -0.4 is 5.73 Å². The molecule has 0 saturated heterocycles. The Morgan fingerprint density at radius 3 is 2.65 bits per heavy atom. The number of rotatable bonds is 10. The molecule has 5 heteroatoms. The first-order valence-electron chi connectivity index (χ1n) is 7.59. The van der Waals surface area contributed by atoms with Gasteiger partial charge in [0.05, 0.1) is 17.7 Å². The molecule has 1 atom stereocenters. The van der Waals surface area contributed by atoms with Gasteiger partial charge in [-0.15, -0.1) is 0 Å². The minimum atomic E-state index is -0.737. The molecule has 5 nitrogen and oxygen atoms in total. The van der Waals surface area contributed by atoms with Crippen LogP contribution >= 0.6 is 0 Å². The van der Waals surface area contributed by atoms with Gasteiger partial charge in [-0.05, 0) is 38.3 Å². The van der Waals surface area contributed by atoms with Crippen LogP contribution in [-0.4, -0.2) is 27.4 Å². The van der Waals surface area contributed by atoms with Gasteiger partial charge in [0.25, 0.3) is 0 Å². The molecule has 0 amide bonds. The summed E-state index contributed by atoms with van der Waals surface area (Å²) in [4.78, 5) is 11.3. The predicted octanol–water partition coefficient (Wildman–Crippen LogP) is 2.62. The fourth-order valence-corrected chi connectivity index (χ4v) is 2.45. The molecule has 1 heterocycles. The Kier molecular flexibility index (Phi) is 7.30. The molecule has 1 rings (SSSR count). The number of unbranched alkanes of at least 4 members (excludes halogenated alkanes) is 1. The summed E-state index contributed by atoms with van der Waals surface area (Å²) in [5, 5.41) is 13.8. The lowest BCUT2D eigenvalue weighted by Gasteiger charge is -2.13. The summed E-state index contributed by atoms with van der Waals surface area (Å²) in [5.74, 6) is -1.09. The van der Waals surface area contributed by atoms with Crippen LogP contribution in [-0.2, 0) is 11.2 Å². The summed E-state index contributed by atoms with van der Waals surface area (Å²) in [5.41, 5.74) is 6.32. The third-order valence-corrected chi connectivity index (χ3v) is 3.79. The second-order valence-electron chi connectivity index (χ2n) is 5.28. The molecule has 0 saturated carbocycles. The van der Waals surface area contributed by atoms with Gasteiger partial charge in [-0.1, -0.05) is 20.3 Å². The molecule has 0 aliphatic rings. The summed E-state index contributed by atoms with van der Waals surface area (Å²) in [6.07, 6.45) is 6.96. The summed E-state index contributed by atoms with van der Waals surface area (Å²) in [7, 11) is 0. The Bertz CT molecular complexity index is 400. The van der Waals surface area contributed by atoms with Crippen LogP contribution in [0.1, 0.15) is 57.7 Å². The van der Waals surface area contributed by atoms with E-state index in [1.165, 1.54) is 0 Å². The minimum absolute atomic E-state index is 0.355. The van der Waals surface area contributed by atoms with Crippen LogP contribution in [0.3, 0.4) is 0 Å². The van der Waals surface area contributed by atoms with E-state index in [2.05, 4.69) is 18.9 Å². The van der Waals surface area contributed by atoms with Crippen molar-refractivity contribution in [2.75, 3.05) is 6.54 Å². The zero-order valence-electron chi connectivity index (χ0n) is 12.6. The smallest absolute Gasteiger partial charge is 0.306 e. The van der Waals surface area contributed by atoms with Gasteiger partial charge in [-0.25, -0.2) is 0 Å². The Morgan fingerprint density at radius 1 is 1.40 bits per heavy atom. The highest BCUT2D eigenvalue weighted by Gasteiger charge is 2.19. The second-order valence-corrected chi connectivity index (χ2v) is 5.28. The Labute approximate surface area is 121 Å². The molecular weight excluding hydrogens is 254 g/mol. The third kappa shape index (κ3) is 4.96. The first-order valence-corrected chi connectivity index (χ1v) is 7.59. The van der Waals surface area contributed by atoms with Crippen molar-refractivity contribution < 1.29 is 9.90 Å². The monoisotopic (exact) mass is 281 g/mol. The lowest BCUT2D eigenvalue weighted by Crippen LogP contribution is -2.17. The fraction of sp³-hybridized carbons (Fsp3) is 0.733. The SMILES string of the molecule is CCC(CC)n1ccc(CC(CCCCN)C(=O)O)n1. The Morgan fingerprint density at radius 2 is 2.10 bits per heavy atom. The van der Waals surface area contributed by atoms with Crippen molar-refractivity contribution in [3.05, 3.63) is 18.0 Å². The first-order chi connectivity index (χ1) is 9.62. The van der Waals surface area contributed by atoms with Crippen LogP contribution in [0.4, 0.5) is 0 Å². The Hall–Kier alpha value is -1.36. The van der Waals surface area contributed by atoms with E-state index in [1.54, 1.807) is 0 Å². The predicted molar refractivity (Wildman–Crippen MR) is 79.6 cm³/mol. The molecule has 114 valence electrons. The molecule has 1 aromatic rings. The average Bonchev–Trinajstić information content (AvgIpc) is 2.87. The van der Waals surface area contributed by atoms with Crippen LogP contribution in [0, 0.1) is 5.92 Å². The first kappa shape index (κ1) is 16.7. The number of nitrogens with two attached hydrogens (primary N) is 1. The number of carboxylic acids is 1. The van der Waals surface area contributed by atoms with Crippen molar-refractivity contribution >= 4 is 5.97 Å². The molecular formula is C15H27N3O2. The van der Waals surface area contributed by atoms with Gasteiger partial charge in [-0.2, -0.15) is 5.10 Å². The van der Waals surface area contributed by atoms with E-state index < -0.39 is 5.97 Å². The van der Waals surface area contributed by atoms with Gasteiger partial charge in [0.15, 0.2) is 0 Å². The topological polar surface area (TPSA) is 81.1 Å². The highest BCUT2D eigenvalue weighted by molar-refractivity contribution is 5.70. The highest BCUT2D eigenvalue weighted by atomic mass is 16.4. The lowest BCUT2D eigenvalue weighted by molar-refractivity contribution is -0.142. The molecule has 20 heavy (non-hydrogen) atoms. The number of carbonyl (C=O) groups is 1. The molecule has 0 aliphatic carbocycles. The van der Waals surface area contributed by atoms with E-state index in [0.29, 0.717) is 25.4 Å². The summed E-state index contributed by atoms with van der Waals surface area (Å²) >= 11 is 0. The molecule has 1 aromatic heterocycles. The van der Waals surface area contributed by atoms with Crippen molar-refractivity contribution in [2.24, 2.45) is 11.7 Å². The second kappa shape index (κ2) is 8.74. The maximum atomic E-state index is 11.3. The summed E-state index contributed by atoms with van der Waals surface area (Å²) in [6, 6.07) is 2.35. The van der Waals surface area contributed by atoms with E-state index >= 15 is 0 Å². The normalized spacial score (nSPS) is 12.8. The number of nitrogens with zero attached hydrogens (tertiary/aromatic N) is 2. The minimum Gasteiger partial charge on any atom is -0.481 e. The molecule has 0 aromatic carbocycles. The van der Waals surface area contributed by atoms with E-state index in [0.717, 1.165) is 31.4 Å². The van der Waals surface area contributed by atoms with Crippen LogP contribution in [0.5, 0.6) is 0 Å². The zero-order valence-corrected chi connectivity index (χ0v) is 12.6. The molecule has 0 bridgehead atoms. The van der Waals surface area contributed by atoms with Gasteiger partial charge >= 0.3 is 5.97 Å². The van der Waals surface area contributed by atoms with Gasteiger partial charge < -0.3 is 10.8 Å². The quantitative estimate of drug-likeness (QED) is 0.646. The van der Waals surface area contributed by atoms with Crippen molar-refractivity contribution in [1.82, 2.24) is 9.78 Å². The van der Waals surface area contributed by atoms with Crippen molar-refractivity contribution in [3.8, 4) is 0 Å². The molecule has 0 aliphatic heterocycles. The van der Waals surface area contributed by atoms with Gasteiger partial charge in [-0.3, -0.25) is 9.48 Å².